The molecule has 0 aliphatic rings. The van der Waals surface area contributed by atoms with E-state index >= 15 is 0 Å². The first kappa shape index (κ1) is 13.7. The number of non-ortho nitro benzene ring substituents is 1. The van der Waals surface area contributed by atoms with Crippen molar-refractivity contribution in [1.82, 2.24) is 9.97 Å². The molecule has 0 aliphatic heterocycles. The Labute approximate surface area is 129 Å². The molecule has 0 radical (unpaired) electrons. The van der Waals surface area contributed by atoms with E-state index in [9.17, 15) is 10.1 Å². The van der Waals surface area contributed by atoms with Crippen molar-refractivity contribution in [3.05, 3.63) is 62.9 Å². The van der Waals surface area contributed by atoms with E-state index in [2.05, 4.69) is 9.97 Å². The summed E-state index contributed by atoms with van der Waals surface area (Å²) in [5.41, 5.74) is 1.70. The van der Waals surface area contributed by atoms with Crippen LogP contribution < -0.4 is 0 Å². The standard InChI is InChI=1S/C14H7Cl2N3O2/c15-9-4-5-12-11(7-9)13(18-14(16)17-12)8-2-1-3-10(6-8)19(20)21/h1-7H. The molecular formula is C14H7Cl2N3O2. The van der Waals surface area contributed by atoms with Crippen molar-refractivity contribution in [2.24, 2.45) is 0 Å². The number of hydrogen-bond donors (Lipinski definition) is 0. The van der Waals surface area contributed by atoms with Gasteiger partial charge in [0.2, 0.25) is 5.28 Å². The van der Waals surface area contributed by atoms with Crippen molar-refractivity contribution in [2.45, 2.75) is 0 Å². The highest BCUT2D eigenvalue weighted by Gasteiger charge is 2.13. The van der Waals surface area contributed by atoms with Gasteiger partial charge in [0.15, 0.2) is 0 Å². The fourth-order valence-electron chi connectivity index (χ4n) is 2.06. The van der Waals surface area contributed by atoms with E-state index in [1.54, 1.807) is 30.3 Å². The van der Waals surface area contributed by atoms with Crippen LogP contribution in [0.1, 0.15) is 0 Å². The van der Waals surface area contributed by atoms with Crippen molar-refractivity contribution in [3.63, 3.8) is 0 Å². The molecular weight excluding hydrogens is 313 g/mol. The van der Waals surface area contributed by atoms with Crippen LogP contribution in [0.4, 0.5) is 5.69 Å². The van der Waals surface area contributed by atoms with Crippen molar-refractivity contribution in [3.8, 4) is 11.3 Å². The zero-order valence-electron chi connectivity index (χ0n) is 10.5. The number of rotatable bonds is 2. The number of benzene rings is 2. The van der Waals surface area contributed by atoms with Crippen molar-refractivity contribution >= 4 is 39.8 Å². The van der Waals surface area contributed by atoms with E-state index in [0.717, 1.165) is 0 Å². The Balaban J connectivity index is 2.31. The van der Waals surface area contributed by atoms with Crippen LogP contribution in [0.2, 0.25) is 10.3 Å². The van der Waals surface area contributed by atoms with Gasteiger partial charge in [0.05, 0.1) is 16.1 Å². The molecule has 0 fully saturated rings. The Morgan fingerprint density at radius 3 is 2.62 bits per heavy atom. The molecule has 0 saturated heterocycles. The van der Waals surface area contributed by atoms with Gasteiger partial charge < -0.3 is 0 Å². The molecule has 0 aliphatic carbocycles. The van der Waals surface area contributed by atoms with Gasteiger partial charge in [-0.2, -0.15) is 0 Å². The molecule has 1 heterocycles. The summed E-state index contributed by atoms with van der Waals surface area (Å²) in [6, 6.07) is 11.3. The third-order valence-corrected chi connectivity index (χ3v) is 3.37. The highest BCUT2D eigenvalue weighted by Crippen LogP contribution is 2.31. The van der Waals surface area contributed by atoms with Crippen LogP contribution in [-0.2, 0) is 0 Å². The molecule has 0 spiro atoms. The molecule has 21 heavy (non-hydrogen) atoms. The van der Waals surface area contributed by atoms with Crippen LogP contribution in [0, 0.1) is 10.1 Å². The van der Waals surface area contributed by atoms with Gasteiger partial charge in [-0.25, -0.2) is 9.97 Å². The van der Waals surface area contributed by atoms with Crippen LogP contribution >= 0.6 is 23.2 Å². The van der Waals surface area contributed by atoms with Gasteiger partial charge in [-0.3, -0.25) is 10.1 Å². The fraction of sp³-hybridized carbons (Fsp3) is 0. The minimum Gasteiger partial charge on any atom is -0.258 e. The Morgan fingerprint density at radius 2 is 1.86 bits per heavy atom. The number of nitrogens with zero attached hydrogens (tertiary/aromatic N) is 3. The van der Waals surface area contributed by atoms with Gasteiger partial charge in [-0.1, -0.05) is 23.7 Å². The number of nitro groups is 1. The number of aromatic nitrogens is 2. The normalized spacial score (nSPS) is 10.8. The molecule has 0 amide bonds. The Morgan fingerprint density at radius 1 is 1.05 bits per heavy atom. The molecule has 3 rings (SSSR count). The maximum Gasteiger partial charge on any atom is 0.270 e. The van der Waals surface area contributed by atoms with E-state index in [4.69, 9.17) is 23.2 Å². The Bertz CT molecular complexity index is 868. The average molecular weight is 320 g/mol. The zero-order valence-corrected chi connectivity index (χ0v) is 12.0. The molecule has 2 aromatic carbocycles. The molecule has 104 valence electrons. The lowest BCUT2D eigenvalue weighted by molar-refractivity contribution is -0.384. The SMILES string of the molecule is O=[N+]([O-])c1cccc(-c2nc(Cl)nc3ccc(Cl)cc23)c1. The van der Waals surface area contributed by atoms with Crippen LogP contribution in [0.15, 0.2) is 42.5 Å². The molecule has 0 unspecified atom stereocenters. The first-order valence-electron chi connectivity index (χ1n) is 5.92. The summed E-state index contributed by atoms with van der Waals surface area (Å²) in [5, 5.41) is 12.2. The van der Waals surface area contributed by atoms with E-state index < -0.39 is 4.92 Å². The largest absolute Gasteiger partial charge is 0.270 e. The lowest BCUT2D eigenvalue weighted by Crippen LogP contribution is -1.93. The first-order chi connectivity index (χ1) is 10.0. The maximum atomic E-state index is 10.9. The summed E-state index contributed by atoms with van der Waals surface area (Å²) in [6.45, 7) is 0. The third-order valence-electron chi connectivity index (χ3n) is 2.96. The number of halogens is 2. The summed E-state index contributed by atoms with van der Waals surface area (Å²) in [5.74, 6) is 0. The Kier molecular flexibility index (Phi) is 3.45. The molecule has 5 nitrogen and oxygen atoms in total. The maximum absolute atomic E-state index is 10.9. The summed E-state index contributed by atoms with van der Waals surface area (Å²) < 4.78 is 0. The predicted molar refractivity (Wildman–Crippen MR) is 81.6 cm³/mol. The van der Waals surface area contributed by atoms with Crippen LogP contribution in [0.3, 0.4) is 0 Å². The monoisotopic (exact) mass is 319 g/mol. The van der Waals surface area contributed by atoms with Gasteiger partial charge in [0.1, 0.15) is 0 Å². The van der Waals surface area contributed by atoms with Crippen molar-refractivity contribution < 1.29 is 4.92 Å². The minimum atomic E-state index is -0.457. The smallest absolute Gasteiger partial charge is 0.258 e. The highest BCUT2D eigenvalue weighted by molar-refractivity contribution is 6.31. The van der Waals surface area contributed by atoms with E-state index in [-0.39, 0.29) is 11.0 Å². The number of fused-ring (bicyclic) bond motifs is 1. The van der Waals surface area contributed by atoms with Gasteiger partial charge in [-0.15, -0.1) is 0 Å². The summed E-state index contributed by atoms with van der Waals surface area (Å²) in [6.07, 6.45) is 0. The van der Waals surface area contributed by atoms with Crippen molar-refractivity contribution in [1.29, 1.82) is 0 Å². The van der Waals surface area contributed by atoms with E-state index in [0.29, 0.717) is 27.2 Å². The summed E-state index contributed by atoms with van der Waals surface area (Å²) in [7, 11) is 0. The molecule has 1 aromatic heterocycles. The fourth-order valence-corrected chi connectivity index (χ4v) is 2.41. The topological polar surface area (TPSA) is 68.9 Å². The first-order valence-corrected chi connectivity index (χ1v) is 6.68. The van der Waals surface area contributed by atoms with Gasteiger partial charge >= 0.3 is 0 Å². The second-order valence-corrected chi connectivity index (χ2v) is 5.08. The second-order valence-electron chi connectivity index (χ2n) is 4.31. The van der Waals surface area contributed by atoms with E-state index in [1.165, 1.54) is 12.1 Å². The molecule has 7 heteroatoms. The van der Waals surface area contributed by atoms with Crippen LogP contribution in [-0.4, -0.2) is 14.9 Å². The molecule has 0 bridgehead atoms. The van der Waals surface area contributed by atoms with E-state index in [1.807, 2.05) is 0 Å². The molecule has 0 N–H and O–H groups in total. The highest BCUT2D eigenvalue weighted by atomic mass is 35.5. The average Bonchev–Trinajstić information content (AvgIpc) is 2.47. The second kappa shape index (κ2) is 5.27. The molecule has 0 saturated carbocycles. The number of nitro benzene ring substituents is 1. The molecule has 0 atom stereocenters. The minimum absolute atomic E-state index is 0.0163. The van der Waals surface area contributed by atoms with Crippen LogP contribution in [0.5, 0.6) is 0 Å². The quantitative estimate of drug-likeness (QED) is 0.396. The third kappa shape index (κ3) is 2.66. The number of hydrogen-bond acceptors (Lipinski definition) is 4. The lowest BCUT2D eigenvalue weighted by atomic mass is 10.1. The summed E-state index contributed by atoms with van der Waals surface area (Å²) >= 11 is 11.9. The van der Waals surface area contributed by atoms with Gasteiger partial charge in [0, 0.05) is 28.1 Å². The molecule has 3 aromatic rings. The van der Waals surface area contributed by atoms with Crippen molar-refractivity contribution in [2.75, 3.05) is 0 Å². The van der Waals surface area contributed by atoms with Gasteiger partial charge in [0.25, 0.3) is 5.69 Å². The van der Waals surface area contributed by atoms with Crippen LogP contribution in [0.25, 0.3) is 22.2 Å². The zero-order chi connectivity index (χ0) is 15.0. The summed E-state index contributed by atoms with van der Waals surface area (Å²) in [4.78, 5) is 18.7. The predicted octanol–water partition coefficient (Wildman–Crippen LogP) is 4.51. The Hall–Kier alpha value is -2.24. The van der Waals surface area contributed by atoms with Gasteiger partial charge in [-0.05, 0) is 29.8 Å². The lowest BCUT2D eigenvalue weighted by Gasteiger charge is -2.06.